The third-order valence-electron chi connectivity index (χ3n) is 5.94. The highest BCUT2D eigenvalue weighted by Crippen LogP contribution is 2.32. The number of ether oxygens (including phenoxy) is 1. The van der Waals surface area contributed by atoms with Crippen molar-refractivity contribution in [2.24, 2.45) is 0 Å². The van der Waals surface area contributed by atoms with Gasteiger partial charge in [0.1, 0.15) is 17.5 Å². The van der Waals surface area contributed by atoms with Crippen molar-refractivity contribution < 1.29 is 13.9 Å². The van der Waals surface area contributed by atoms with E-state index in [1.165, 1.54) is 12.1 Å². The van der Waals surface area contributed by atoms with E-state index < -0.39 is 0 Å². The van der Waals surface area contributed by atoms with Crippen LogP contribution in [0.3, 0.4) is 0 Å². The lowest BCUT2D eigenvalue weighted by Gasteiger charge is -2.30. The SMILES string of the molecule is CNc1cc(C2CC(=O)N(c3ccc(F)cc3)C2)nc(CN(C)C2CCOCC2)n1. The zero-order valence-electron chi connectivity index (χ0n) is 17.5. The average molecular weight is 413 g/mol. The molecule has 0 aliphatic carbocycles. The molecule has 8 heteroatoms. The van der Waals surface area contributed by atoms with Crippen molar-refractivity contribution in [3.05, 3.63) is 47.7 Å². The normalized spacial score (nSPS) is 20.2. The standard InChI is InChI=1S/C22H28FN5O2/c1-24-20-12-19(25-21(26-20)14-27(2)17-7-9-30-10-8-17)15-11-22(29)28(13-15)18-5-3-16(23)4-6-18/h3-6,12,15,17H,7-11,13-14H2,1-2H3,(H,24,25,26). The zero-order chi connectivity index (χ0) is 21.1. The third-order valence-corrected chi connectivity index (χ3v) is 5.94. The molecule has 0 saturated carbocycles. The van der Waals surface area contributed by atoms with E-state index in [-0.39, 0.29) is 17.6 Å². The number of amides is 1. The number of carbonyl (C=O) groups excluding carboxylic acids is 1. The Morgan fingerprint density at radius 1 is 1.23 bits per heavy atom. The van der Waals surface area contributed by atoms with Crippen molar-refractivity contribution in [1.82, 2.24) is 14.9 Å². The summed E-state index contributed by atoms with van der Waals surface area (Å²) < 4.78 is 18.7. The first-order chi connectivity index (χ1) is 14.5. The monoisotopic (exact) mass is 413 g/mol. The van der Waals surface area contributed by atoms with Gasteiger partial charge in [0.05, 0.1) is 12.2 Å². The number of halogens is 1. The predicted octanol–water partition coefficient (Wildman–Crippen LogP) is 2.79. The summed E-state index contributed by atoms with van der Waals surface area (Å²) in [5.41, 5.74) is 1.58. The molecular formula is C22H28FN5O2. The second-order valence-corrected chi connectivity index (χ2v) is 7.98. The first-order valence-electron chi connectivity index (χ1n) is 10.4. The van der Waals surface area contributed by atoms with Gasteiger partial charge in [0, 0.05) is 56.9 Å². The van der Waals surface area contributed by atoms with Crippen LogP contribution in [0, 0.1) is 5.82 Å². The molecule has 2 aliphatic heterocycles. The van der Waals surface area contributed by atoms with Crippen molar-refractivity contribution >= 4 is 17.4 Å². The largest absolute Gasteiger partial charge is 0.381 e. The average Bonchev–Trinajstić information content (AvgIpc) is 3.16. The lowest BCUT2D eigenvalue weighted by atomic mass is 10.0. The Balaban J connectivity index is 1.51. The van der Waals surface area contributed by atoms with Gasteiger partial charge in [0.25, 0.3) is 0 Å². The van der Waals surface area contributed by atoms with Gasteiger partial charge in [-0.3, -0.25) is 9.69 Å². The van der Waals surface area contributed by atoms with E-state index in [0.29, 0.717) is 31.2 Å². The number of nitrogens with zero attached hydrogens (tertiary/aromatic N) is 4. The van der Waals surface area contributed by atoms with Gasteiger partial charge in [-0.05, 0) is 44.2 Å². The number of rotatable bonds is 6. The molecule has 0 radical (unpaired) electrons. The summed E-state index contributed by atoms with van der Waals surface area (Å²) in [5, 5.41) is 3.11. The van der Waals surface area contributed by atoms with Crippen LogP contribution in [-0.4, -0.2) is 60.7 Å². The first kappa shape index (κ1) is 20.7. The van der Waals surface area contributed by atoms with E-state index in [4.69, 9.17) is 9.72 Å². The van der Waals surface area contributed by atoms with E-state index >= 15 is 0 Å². The molecule has 2 saturated heterocycles. The Hall–Kier alpha value is -2.58. The molecule has 0 bridgehead atoms. The van der Waals surface area contributed by atoms with Crippen LogP contribution in [0.1, 0.15) is 36.7 Å². The van der Waals surface area contributed by atoms with Crippen molar-refractivity contribution in [2.75, 3.05) is 44.1 Å². The highest BCUT2D eigenvalue weighted by atomic mass is 19.1. The van der Waals surface area contributed by atoms with Gasteiger partial charge in [-0.15, -0.1) is 0 Å². The number of hydrogen-bond acceptors (Lipinski definition) is 6. The second-order valence-electron chi connectivity index (χ2n) is 7.98. The van der Waals surface area contributed by atoms with Gasteiger partial charge >= 0.3 is 0 Å². The molecule has 4 rings (SSSR count). The maximum atomic E-state index is 13.2. The molecule has 1 aromatic heterocycles. The van der Waals surface area contributed by atoms with E-state index in [0.717, 1.165) is 43.4 Å². The Labute approximate surface area is 176 Å². The lowest BCUT2D eigenvalue weighted by molar-refractivity contribution is -0.117. The summed E-state index contributed by atoms with van der Waals surface area (Å²) in [6, 6.07) is 8.43. The summed E-state index contributed by atoms with van der Waals surface area (Å²) >= 11 is 0. The van der Waals surface area contributed by atoms with Gasteiger partial charge in [0.15, 0.2) is 0 Å². The topological polar surface area (TPSA) is 70.6 Å². The maximum absolute atomic E-state index is 13.2. The van der Waals surface area contributed by atoms with Crippen LogP contribution in [0.4, 0.5) is 15.9 Å². The molecule has 2 aliphatic rings. The number of nitrogens with one attached hydrogen (secondary N) is 1. The fourth-order valence-corrected chi connectivity index (χ4v) is 4.18. The molecule has 3 heterocycles. The van der Waals surface area contributed by atoms with Crippen LogP contribution in [0.2, 0.25) is 0 Å². The molecule has 1 N–H and O–H groups in total. The Kier molecular flexibility index (Phi) is 6.24. The van der Waals surface area contributed by atoms with Crippen LogP contribution >= 0.6 is 0 Å². The number of benzene rings is 1. The minimum atomic E-state index is -0.310. The second kappa shape index (κ2) is 9.06. The van der Waals surface area contributed by atoms with E-state index in [2.05, 4.69) is 22.2 Å². The molecule has 2 aromatic rings. The minimum Gasteiger partial charge on any atom is -0.381 e. The van der Waals surface area contributed by atoms with Crippen molar-refractivity contribution in [3.8, 4) is 0 Å². The lowest BCUT2D eigenvalue weighted by Crippen LogP contribution is -2.36. The van der Waals surface area contributed by atoms with Gasteiger partial charge in [0.2, 0.25) is 5.91 Å². The van der Waals surface area contributed by atoms with Crippen LogP contribution in [0.25, 0.3) is 0 Å². The van der Waals surface area contributed by atoms with Crippen LogP contribution < -0.4 is 10.2 Å². The van der Waals surface area contributed by atoms with Crippen molar-refractivity contribution in [3.63, 3.8) is 0 Å². The van der Waals surface area contributed by atoms with Gasteiger partial charge in [-0.1, -0.05) is 0 Å². The summed E-state index contributed by atoms with van der Waals surface area (Å²) in [6.45, 7) is 2.76. The summed E-state index contributed by atoms with van der Waals surface area (Å²) in [6.07, 6.45) is 2.41. The highest BCUT2D eigenvalue weighted by molar-refractivity contribution is 5.96. The van der Waals surface area contributed by atoms with E-state index in [1.54, 1.807) is 17.0 Å². The van der Waals surface area contributed by atoms with Gasteiger partial charge in [-0.25, -0.2) is 14.4 Å². The molecule has 7 nitrogen and oxygen atoms in total. The number of aromatic nitrogens is 2. The van der Waals surface area contributed by atoms with E-state index in [1.807, 2.05) is 13.1 Å². The smallest absolute Gasteiger partial charge is 0.227 e. The van der Waals surface area contributed by atoms with Crippen LogP contribution in [0.5, 0.6) is 0 Å². The number of anilines is 2. The van der Waals surface area contributed by atoms with Crippen LogP contribution in [0.15, 0.2) is 30.3 Å². The number of carbonyl (C=O) groups is 1. The maximum Gasteiger partial charge on any atom is 0.227 e. The summed E-state index contributed by atoms with van der Waals surface area (Å²) in [7, 11) is 3.93. The summed E-state index contributed by atoms with van der Waals surface area (Å²) in [4.78, 5) is 26.1. The molecule has 1 amide bonds. The molecule has 1 atom stereocenters. The third kappa shape index (κ3) is 4.60. The van der Waals surface area contributed by atoms with Crippen molar-refractivity contribution in [2.45, 2.75) is 37.8 Å². The predicted molar refractivity (Wildman–Crippen MR) is 113 cm³/mol. The molecule has 160 valence electrons. The molecule has 2 fully saturated rings. The molecule has 1 unspecified atom stereocenters. The fourth-order valence-electron chi connectivity index (χ4n) is 4.18. The Morgan fingerprint density at radius 3 is 2.67 bits per heavy atom. The number of hydrogen-bond donors (Lipinski definition) is 1. The zero-order valence-corrected chi connectivity index (χ0v) is 17.5. The van der Waals surface area contributed by atoms with Crippen molar-refractivity contribution in [1.29, 1.82) is 0 Å². The quantitative estimate of drug-likeness (QED) is 0.785. The van der Waals surface area contributed by atoms with Crippen LogP contribution in [-0.2, 0) is 16.1 Å². The highest BCUT2D eigenvalue weighted by Gasteiger charge is 2.33. The van der Waals surface area contributed by atoms with E-state index in [9.17, 15) is 9.18 Å². The van der Waals surface area contributed by atoms with Gasteiger partial charge < -0.3 is 15.0 Å². The first-order valence-corrected chi connectivity index (χ1v) is 10.4. The molecule has 30 heavy (non-hydrogen) atoms. The Bertz CT molecular complexity index is 886. The molecular weight excluding hydrogens is 385 g/mol. The minimum absolute atomic E-state index is 0.0233. The molecule has 1 aromatic carbocycles. The fraction of sp³-hybridized carbons (Fsp3) is 0.500. The Morgan fingerprint density at radius 2 is 1.97 bits per heavy atom. The van der Waals surface area contributed by atoms with Gasteiger partial charge in [-0.2, -0.15) is 0 Å². The summed E-state index contributed by atoms with van der Waals surface area (Å²) in [5.74, 6) is 1.19. The molecule has 0 spiro atoms.